The standard InChI is InChI=1S/C20H18F4S3.CH4S/c1-2-3-5-14(7-9-25)18-17(13-19(21,22)20(18,23)24)15(8-10-26)12-16-6-4-11-27-16;1-2/h2-12,25-26H,13H2,1H3;2H,1H3/b3-2+,9-7-,10-8-,14-5-,15-12-;. The molecule has 0 saturated carbocycles. The molecule has 0 bridgehead atoms. The topological polar surface area (TPSA) is 0 Å². The molecule has 0 atom stereocenters. The third-order valence-electron chi connectivity index (χ3n) is 3.93. The summed E-state index contributed by atoms with van der Waals surface area (Å²) in [6, 6.07) is 3.58. The third kappa shape index (κ3) is 6.20. The average molecular weight is 479 g/mol. The maximum Gasteiger partial charge on any atom is 0.336 e. The van der Waals surface area contributed by atoms with Gasteiger partial charge >= 0.3 is 11.8 Å². The first kappa shape index (κ1) is 25.9. The van der Waals surface area contributed by atoms with Crippen LogP contribution in [-0.4, -0.2) is 18.1 Å². The summed E-state index contributed by atoms with van der Waals surface area (Å²) < 4.78 is 58.0. The zero-order chi connectivity index (χ0) is 22.1. The fraction of sp³-hybridized carbons (Fsp3) is 0.238. The molecule has 29 heavy (non-hydrogen) atoms. The number of thiol groups is 3. The molecule has 1 aromatic heterocycles. The Hall–Kier alpha value is -1.09. The second-order valence-corrected chi connectivity index (χ2v) is 7.28. The summed E-state index contributed by atoms with van der Waals surface area (Å²) in [5.74, 6) is -8.49. The molecule has 2 rings (SSSR count). The summed E-state index contributed by atoms with van der Waals surface area (Å²) in [6.07, 6.45) is 9.53. The predicted octanol–water partition coefficient (Wildman–Crippen LogP) is 8.04. The molecule has 0 spiro atoms. The maximum atomic E-state index is 14.7. The van der Waals surface area contributed by atoms with E-state index < -0.39 is 23.8 Å². The molecule has 0 aromatic carbocycles. The minimum Gasteiger partial charge on any atom is -0.199 e. The highest BCUT2D eigenvalue weighted by atomic mass is 32.1. The summed E-state index contributed by atoms with van der Waals surface area (Å²) in [5.41, 5.74) is -0.529. The second-order valence-electron chi connectivity index (χ2n) is 5.70. The predicted molar refractivity (Wildman–Crippen MR) is 128 cm³/mol. The Morgan fingerprint density at radius 2 is 1.69 bits per heavy atom. The van der Waals surface area contributed by atoms with Gasteiger partial charge in [0.05, 0.1) is 0 Å². The van der Waals surface area contributed by atoms with Crippen LogP contribution in [0.2, 0.25) is 0 Å². The van der Waals surface area contributed by atoms with E-state index in [2.05, 4.69) is 37.9 Å². The lowest BCUT2D eigenvalue weighted by Crippen LogP contribution is -2.37. The number of alkyl halides is 4. The molecule has 8 heteroatoms. The summed E-state index contributed by atoms with van der Waals surface area (Å²) in [7, 11) is 0. The minimum atomic E-state index is -4.30. The zero-order valence-electron chi connectivity index (χ0n) is 15.8. The Balaban J connectivity index is 0.00000204. The second kappa shape index (κ2) is 11.9. The molecular weight excluding hydrogens is 456 g/mol. The van der Waals surface area contributed by atoms with E-state index >= 15 is 0 Å². The van der Waals surface area contributed by atoms with Gasteiger partial charge in [-0.1, -0.05) is 24.3 Å². The molecule has 1 aromatic rings. The molecule has 0 amide bonds. The Morgan fingerprint density at radius 1 is 1.07 bits per heavy atom. The van der Waals surface area contributed by atoms with Gasteiger partial charge < -0.3 is 0 Å². The van der Waals surface area contributed by atoms with Gasteiger partial charge in [-0.2, -0.15) is 55.4 Å². The monoisotopic (exact) mass is 478 g/mol. The summed E-state index contributed by atoms with van der Waals surface area (Å²) in [5, 5.41) is 4.42. The minimum absolute atomic E-state index is 0.00933. The van der Waals surface area contributed by atoms with Crippen LogP contribution in [0.15, 0.2) is 81.0 Å². The van der Waals surface area contributed by atoms with E-state index in [1.807, 2.05) is 5.38 Å². The SMILES string of the molecule is C/C=C/C=C(/C=C\S)C1=C(C(/C=C\S)=C\c2cccs2)CC(F)(F)C1(F)F.CS. The van der Waals surface area contributed by atoms with Crippen molar-refractivity contribution in [2.45, 2.75) is 25.2 Å². The zero-order valence-corrected chi connectivity index (χ0v) is 19.3. The fourth-order valence-corrected chi connectivity index (χ4v) is 3.73. The van der Waals surface area contributed by atoms with E-state index in [4.69, 9.17) is 0 Å². The van der Waals surface area contributed by atoms with Gasteiger partial charge in [0.1, 0.15) is 0 Å². The van der Waals surface area contributed by atoms with E-state index in [1.165, 1.54) is 46.5 Å². The number of allylic oxidation sites excluding steroid dienone is 9. The lowest BCUT2D eigenvalue weighted by atomic mass is 9.94. The number of rotatable bonds is 6. The van der Waals surface area contributed by atoms with E-state index in [0.717, 1.165) is 4.88 Å². The van der Waals surface area contributed by atoms with Crippen molar-refractivity contribution >= 4 is 55.3 Å². The molecular formula is C21H22F4S4. The maximum absolute atomic E-state index is 14.7. The lowest BCUT2D eigenvalue weighted by molar-refractivity contribution is -0.171. The molecule has 0 radical (unpaired) electrons. The van der Waals surface area contributed by atoms with Gasteiger partial charge in [0.2, 0.25) is 0 Å². The number of hydrogen-bond acceptors (Lipinski definition) is 4. The highest BCUT2D eigenvalue weighted by Crippen LogP contribution is 2.55. The van der Waals surface area contributed by atoms with E-state index in [9.17, 15) is 17.6 Å². The van der Waals surface area contributed by atoms with Gasteiger partial charge in [0.15, 0.2) is 0 Å². The average Bonchev–Trinajstić information content (AvgIpc) is 3.25. The number of thiophene rings is 1. The Morgan fingerprint density at radius 3 is 2.21 bits per heavy atom. The summed E-state index contributed by atoms with van der Waals surface area (Å²) in [6.45, 7) is 1.71. The van der Waals surface area contributed by atoms with Gasteiger partial charge in [-0.05, 0) is 70.4 Å². The lowest BCUT2D eigenvalue weighted by Gasteiger charge is -2.22. The molecule has 1 heterocycles. The van der Waals surface area contributed by atoms with Crippen molar-refractivity contribution < 1.29 is 17.6 Å². The third-order valence-corrected chi connectivity index (χ3v) is 5.05. The van der Waals surface area contributed by atoms with Gasteiger partial charge in [-0.3, -0.25) is 0 Å². The van der Waals surface area contributed by atoms with E-state index in [-0.39, 0.29) is 16.7 Å². The van der Waals surface area contributed by atoms with Gasteiger partial charge in [0.25, 0.3) is 0 Å². The normalized spacial score (nSPS) is 19.5. The quantitative estimate of drug-likeness (QED) is 0.206. The number of hydrogen-bond donors (Lipinski definition) is 3. The van der Waals surface area contributed by atoms with Crippen LogP contribution >= 0.6 is 49.2 Å². The van der Waals surface area contributed by atoms with Crippen molar-refractivity contribution in [3.05, 3.63) is 85.9 Å². The van der Waals surface area contributed by atoms with Crippen LogP contribution in [0.25, 0.3) is 6.08 Å². The van der Waals surface area contributed by atoms with Gasteiger partial charge in [0, 0.05) is 16.9 Å². The van der Waals surface area contributed by atoms with Crippen LogP contribution in [0.1, 0.15) is 18.2 Å². The molecule has 158 valence electrons. The van der Waals surface area contributed by atoms with E-state index in [1.54, 1.807) is 37.5 Å². The largest absolute Gasteiger partial charge is 0.336 e. The first-order valence-corrected chi connectivity index (χ1v) is 11.2. The van der Waals surface area contributed by atoms with Crippen molar-refractivity contribution in [3.8, 4) is 0 Å². The van der Waals surface area contributed by atoms with Crippen molar-refractivity contribution in [2.24, 2.45) is 0 Å². The van der Waals surface area contributed by atoms with Crippen LogP contribution in [0.3, 0.4) is 0 Å². The van der Waals surface area contributed by atoms with Crippen molar-refractivity contribution in [1.82, 2.24) is 0 Å². The Kier molecular flexibility index (Phi) is 10.7. The van der Waals surface area contributed by atoms with Crippen molar-refractivity contribution in [3.63, 3.8) is 0 Å². The highest BCUT2D eigenvalue weighted by Gasteiger charge is 2.64. The molecule has 1 aliphatic carbocycles. The van der Waals surface area contributed by atoms with Gasteiger partial charge in [-0.15, -0.1) is 11.3 Å². The van der Waals surface area contributed by atoms with Crippen LogP contribution < -0.4 is 0 Å². The smallest absolute Gasteiger partial charge is 0.199 e. The fourth-order valence-electron chi connectivity index (χ4n) is 2.74. The summed E-state index contributed by atoms with van der Waals surface area (Å²) in [4.78, 5) is 0.769. The van der Waals surface area contributed by atoms with Crippen LogP contribution in [0, 0.1) is 0 Å². The summed E-state index contributed by atoms with van der Waals surface area (Å²) >= 11 is 12.8. The number of halogens is 4. The molecule has 0 saturated heterocycles. The van der Waals surface area contributed by atoms with Gasteiger partial charge in [-0.25, -0.2) is 0 Å². The first-order chi connectivity index (χ1) is 13.8. The highest BCUT2D eigenvalue weighted by molar-refractivity contribution is 7.83. The van der Waals surface area contributed by atoms with Crippen molar-refractivity contribution in [2.75, 3.05) is 6.26 Å². The Labute approximate surface area is 189 Å². The molecule has 1 aliphatic rings. The molecule has 0 N–H and O–H groups in total. The van der Waals surface area contributed by atoms with Crippen LogP contribution in [0.5, 0.6) is 0 Å². The van der Waals surface area contributed by atoms with E-state index in [0.29, 0.717) is 0 Å². The Bertz CT molecular complexity index is 842. The van der Waals surface area contributed by atoms with Crippen LogP contribution in [-0.2, 0) is 0 Å². The molecule has 0 unspecified atom stereocenters. The van der Waals surface area contributed by atoms with Crippen molar-refractivity contribution in [1.29, 1.82) is 0 Å². The molecule has 0 nitrogen and oxygen atoms in total. The first-order valence-electron chi connectivity index (χ1n) is 8.43. The molecule has 0 aliphatic heterocycles. The molecule has 0 fully saturated rings. The van der Waals surface area contributed by atoms with Crippen LogP contribution in [0.4, 0.5) is 17.6 Å².